The molecule has 0 N–H and O–H groups in total. The topological polar surface area (TPSA) is 79.6 Å². The number of thioether (sulfide) groups is 1. The molecule has 3 aliphatic rings. The fourth-order valence-electron chi connectivity index (χ4n) is 6.43. The molecule has 3 aromatic rings. The maximum atomic E-state index is 13.9. The Kier molecular flexibility index (Phi) is 5.36. The number of carbonyl (C=O) groups excluding carboxylic acids is 2. The third kappa shape index (κ3) is 3.28. The van der Waals surface area contributed by atoms with Crippen molar-refractivity contribution in [2.24, 2.45) is 11.8 Å². The first-order valence-corrected chi connectivity index (χ1v) is 13.2. The highest BCUT2D eigenvalue weighted by molar-refractivity contribution is 7.99. The summed E-state index contributed by atoms with van der Waals surface area (Å²) in [4.78, 5) is 30.1. The van der Waals surface area contributed by atoms with Gasteiger partial charge in [0.25, 0.3) is 0 Å². The number of rotatable bonds is 6. The van der Waals surface area contributed by atoms with Crippen molar-refractivity contribution in [3.63, 3.8) is 0 Å². The molecule has 3 saturated heterocycles. The van der Waals surface area contributed by atoms with Gasteiger partial charge in [-0.15, -0.1) is 11.8 Å². The van der Waals surface area contributed by atoms with E-state index in [0.29, 0.717) is 17.7 Å². The second kappa shape index (κ2) is 8.36. The van der Waals surface area contributed by atoms with E-state index >= 15 is 0 Å². The zero-order valence-corrected chi connectivity index (χ0v) is 21.0. The van der Waals surface area contributed by atoms with Crippen molar-refractivity contribution in [1.82, 2.24) is 0 Å². The summed E-state index contributed by atoms with van der Waals surface area (Å²) in [6.45, 7) is 1.97. The molecule has 7 heteroatoms. The minimum absolute atomic E-state index is 0.241. The Morgan fingerprint density at radius 1 is 1.06 bits per heavy atom. The van der Waals surface area contributed by atoms with Gasteiger partial charge in [-0.05, 0) is 61.9 Å². The van der Waals surface area contributed by atoms with Gasteiger partial charge in [-0.1, -0.05) is 30.3 Å². The molecule has 0 spiro atoms. The second-order valence-electron chi connectivity index (χ2n) is 10.0. The first kappa shape index (κ1) is 23.1. The number of methoxy groups -OCH3 is 1. The van der Waals surface area contributed by atoms with Gasteiger partial charge in [-0.2, -0.15) is 5.26 Å². The van der Waals surface area contributed by atoms with Crippen molar-refractivity contribution >= 4 is 40.0 Å². The molecule has 0 aliphatic carbocycles. The molecule has 3 fully saturated rings. The van der Waals surface area contributed by atoms with Crippen LogP contribution in [0.4, 0.5) is 5.69 Å². The first-order valence-electron chi connectivity index (χ1n) is 12.2. The summed E-state index contributed by atoms with van der Waals surface area (Å²) >= 11 is 1.71. The molecule has 6 nitrogen and oxygen atoms in total. The lowest BCUT2D eigenvalue weighted by atomic mass is 9.67. The summed E-state index contributed by atoms with van der Waals surface area (Å²) in [6, 6.07) is 21.3. The number of hydrogen-bond donors (Lipinski definition) is 0. The van der Waals surface area contributed by atoms with Crippen LogP contribution in [0.5, 0.6) is 5.75 Å². The number of hydrogen-bond acceptors (Lipinski definition) is 6. The number of nitrogens with zero attached hydrogens (tertiary/aromatic N) is 2. The third-order valence-corrected chi connectivity index (χ3v) is 9.14. The SMILES string of the molecule is COc1ccc(SCCC23CCC(C)(O2)C2C(=O)N(c4ccc5ccccc5c4C#N)C(=O)C23)cc1. The van der Waals surface area contributed by atoms with Crippen LogP contribution in [0.15, 0.2) is 65.6 Å². The molecular weight excluding hydrogens is 472 g/mol. The quantitative estimate of drug-likeness (QED) is 0.338. The molecule has 0 aromatic heterocycles. The molecule has 4 atom stereocenters. The number of carbonyl (C=O) groups is 2. The summed E-state index contributed by atoms with van der Waals surface area (Å²) < 4.78 is 11.8. The lowest BCUT2D eigenvalue weighted by Crippen LogP contribution is -2.42. The minimum Gasteiger partial charge on any atom is -0.497 e. The van der Waals surface area contributed by atoms with Crippen molar-refractivity contribution in [2.75, 3.05) is 17.8 Å². The predicted octanol–water partition coefficient (Wildman–Crippen LogP) is 5.33. The largest absolute Gasteiger partial charge is 0.497 e. The average Bonchev–Trinajstić information content (AvgIpc) is 3.48. The van der Waals surface area contributed by atoms with Crippen LogP contribution >= 0.6 is 11.8 Å². The number of fused-ring (bicyclic) bond motifs is 6. The molecule has 0 saturated carbocycles. The molecule has 2 amide bonds. The lowest BCUT2D eigenvalue weighted by Gasteiger charge is -2.31. The van der Waals surface area contributed by atoms with Crippen LogP contribution in [0.1, 0.15) is 31.7 Å². The number of benzene rings is 3. The van der Waals surface area contributed by atoms with Crippen molar-refractivity contribution in [1.29, 1.82) is 5.26 Å². The molecule has 0 radical (unpaired) electrons. The van der Waals surface area contributed by atoms with Gasteiger partial charge >= 0.3 is 0 Å². The summed E-state index contributed by atoms with van der Waals surface area (Å²) in [5.74, 6) is 0.0401. The van der Waals surface area contributed by atoms with Crippen LogP contribution in [-0.2, 0) is 14.3 Å². The van der Waals surface area contributed by atoms with Crippen molar-refractivity contribution < 1.29 is 19.1 Å². The molecule has 3 aromatic carbocycles. The standard InChI is InChI=1S/C29H26N2O4S/c1-28-13-14-29(35-28,15-16-36-20-10-8-19(34-2)9-11-20)25-24(28)26(32)31(27(25)33)23-12-7-18-5-3-4-6-21(18)22(23)17-30/h3-12,24-25H,13-16H2,1-2H3. The Labute approximate surface area is 214 Å². The summed E-state index contributed by atoms with van der Waals surface area (Å²) in [7, 11) is 1.65. The van der Waals surface area contributed by atoms with E-state index in [1.165, 1.54) is 4.90 Å². The van der Waals surface area contributed by atoms with Crippen LogP contribution in [0.3, 0.4) is 0 Å². The molecule has 182 valence electrons. The number of imide groups is 1. The summed E-state index contributed by atoms with van der Waals surface area (Å²) in [5, 5.41) is 11.6. The van der Waals surface area contributed by atoms with E-state index in [0.717, 1.165) is 40.0 Å². The monoisotopic (exact) mass is 498 g/mol. The smallest absolute Gasteiger partial charge is 0.240 e. The Balaban J connectivity index is 1.30. The Morgan fingerprint density at radius 2 is 1.81 bits per heavy atom. The highest BCUT2D eigenvalue weighted by atomic mass is 32.2. The maximum absolute atomic E-state index is 13.9. The highest BCUT2D eigenvalue weighted by Crippen LogP contribution is 2.62. The number of amides is 2. The normalized spacial score (nSPS) is 28.5. The fraction of sp³-hybridized carbons (Fsp3) is 0.345. The van der Waals surface area contributed by atoms with E-state index in [-0.39, 0.29) is 11.8 Å². The Morgan fingerprint density at radius 3 is 2.56 bits per heavy atom. The van der Waals surface area contributed by atoms with Crippen LogP contribution < -0.4 is 9.64 Å². The van der Waals surface area contributed by atoms with E-state index < -0.39 is 23.0 Å². The van der Waals surface area contributed by atoms with Gasteiger partial charge in [0, 0.05) is 16.0 Å². The molecule has 6 rings (SSSR count). The van der Waals surface area contributed by atoms with E-state index in [1.807, 2.05) is 61.5 Å². The van der Waals surface area contributed by atoms with E-state index in [1.54, 1.807) is 24.9 Å². The van der Waals surface area contributed by atoms with Gasteiger partial charge in [0.2, 0.25) is 11.8 Å². The molecule has 2 bridgehead atoms. The second-order valence-corrected chi connectivity index (χ2v) is 11.2. The van der Waals surface area contributed by atoms with Crippen molar-refractivity contribution in [2.45, 2.75) is 42.3 Å². The molecule has 36 heavy (non-hydrogen) atoms. The number of nitriles is 1. The molecule has 3 aliphatic heterocycles. The summed E-state index contributed by atoms with van der Waals surface area (Å²) in [5.41, 5.74) is -0.589. The molecular formula is C29H26N2O4S. The van der Waals surface area contributed by atoms with Gasteiger partial charge in [-0.25, -0.2) is 4.90 Å². The van der Waals surface area contributed by atoms with Gasteiger partial charge in [0.15, 0.2) is 0 Å². The minimum atomic E-state index is -0.666. The first-order chi connectivity index (χ1) is 17.4. The van der Waals surface area contributed by atoms with Crippen LogP contribution in [0, 0.1) is 23.2 Å². The third-order valence-electron chi connectivity index (χ3n) is 8.13. The Bertz CT molecular complexity index is 1430. The van der Waals surface area contributed by atoms with E-state index in [2.05, 4.69) is 6.07 Å². The maximum Gasteiger partial charge on any atom is 0.240 e. The van der Waals surface area contributed by atoms with Gasteiger partial charge in [0.1, 0.15) is 11.8 Å². The average molecular weight is 499 g/mol. The van der Waals surface area contributed by atoms with Crippen molar-refractivity contribution in [3.05, 3.63) is 66.2 Å². The van der Waals surface area contributed by atoms with Gasteiger partial charge in [0.05, 0.1) is 41.4 Å². The van der Waals surface area contributed by atoms with Crippen LogP contribution in [0.25, 0.3) is 10.8 Å². The Hall–Kier alpha value is -3.34. The van der Waals surface area contributed by atoms with Crippen molar-refractivity contribution in [3.8, 4) is 11.8 Å². The summed E-state index contributed by atoms with van der Waals surface area (Å²) in [6.07, 6.45) is 2.18. The van der Waals surface area contributed by atoms with Crippen LogP contribution in [-0.4, -0.2) is 35.9 Å². The zero-order chi connectivity index (χ0) is 25.1. The van der Waals surface area contributed by atoms with E-state index in [9.17, 15) is 14.9 Å². The number of anilines is 1. The lowest BCUT2D eigenvalue weighted by molar-refractivity contribution is -0.130. The highest BCUT2D eigenvalue weighted by Gasteiger charge is 2.73. The number of ether oxygens (including phenoxy) is 2. The van der Waals surface area contributed by atoms with Gasteiger partial charge < -0.3 is 9.47 Å². The van der Waals surface area contributed by atoms with E-state index in [4.69, 9.17) is 9.47 Å². The predicted molar refractivity (Wildman–Crippen MR) is 138 cm³/mol. The van der Waals surface area contributed by atoms with Crippen LogP contribution in [0.2, 0.25) is 0 Å². The fourth-order valence-corrected chi connectivity index (χ4v) is 7.44. The molecule has 3 heterocycles. The van der Waals surface area contributed by atoms with Gasteiger partial charge in [-0.3, -0.25) is 9.59 Å². The zero-order valence-electron chi connectivity index (χ0n) is 20.2. The molecule has 4 unspecified atom stereocenters.